The standard InChI is InChI=1S/C21H19N3O3/c1-21-18-15(16-12-14(27-2)8-9-17(16)22-18)10-11-23(21)20(26)24(19(21)25)13-6-4-3-5-7-13/h3-9,12,22H,10-11H2,1-2H3/t21-/m1/s1. The van der Waals surface area contributed by atoms with Gasteiger partial charge < -0.3 is 14.6 Å². The third-order valence-corrected chi connectivity index (χ3v) is 5.78. The Morgan fingerprint density at radius 1 is 1.11 bits per heavy atom. The number of fused-ring (bicyclic) bond motifs is 5. The average Bonchev–Trinajstić information content (AvgIpc) is 3.16. The maximum Gasteiger partial charge on any atom is 0.332 e. The number of hydrogen-bond donors (Lipinski definition) is 1. The number of aromatic nitrogens is 1. The molecule has 1 N–H and O–H groups in total. The van der Waals surface area contributed by atoms with Crippen LogP contribution in [0.2, 0.25) is 0 Å². The fourth-order valence-electron chi connectivity index (χ4n) is 4.35. The average molecular weight is 361 g/mol. The van der Waals surface area contributed by atoms with Crippen molar-refractivity contribution in [3.8, 4) is 5.75 Å². The maximum atomic E-state index is 13.5. The van der Waals surface area contributed by atoms with Gasteiger partial charge in [0.15, 0.2) is 5.54 Å². The second-order valence-electron chi connectivity index (χ2n) is 7.12. The van der Waals surface area contributed by atoms with Crippen LogP contribution in [0.1, 0.15) is 18.2 Å². The van der Waals surface area contributed by atoms with Crippen molar-refractivity contribution in [2.45, 2.75) is 18.9 Å². The summed E-state index contributed by atoms with van der Waals surface area (Å²) in [5, 5.41) is 1.05. The van der Waals surface area contributed by atoms with Gasteiger partial charge in [-0.25, -0.2) is 9.69 Å². The van der Waals surface area contributed by atoms with Crippen LogP contribution in [0, 0.1) is 0 Å². The lowest BCUT2D eigenvalue weighted by Crippen LogP contribution is -2.49. The van der Waals surface area contributed by atoms with Crippen LogP contribution in [-0.4, -0.2) is 35.5 Å². The molecule has 2 aliphatic heterocycles. The lowest BCUT2D eigenvalue weighted by Gasteiger charge is -2.35. The number of rotatable bonds is 2. The number of methoxy groups -OCH3 is 1. The van der Waals surface area contributed by atoms with Crippen molar-refractivity contribution in [3.05, 3.63) is 59.8 Å². The highest BCUT2D eigenvalue weighted by atomic mass is 16.5. The van der Waals surface area contributed by atoms with Crippen LogP contribution in [0.5, 0.6) is 5.75 Å². The zero-order valence-electron chi connectivity index (χ0n) is 15.2. The Bertz CT molecular complexity index is 1090. The second-order valence-corrected chi connectivity index (χ2v) is 7.12. The molecule has 1 aromatic heterocycles. The SMILES string of the molecule is COc1ccc2[nH]c3c(c2c1)CCN1C(=O)N(c2ccccc2)C(=O)[C@@]31C. The van der Waals surface area contributed by atoms with E-state index in [0.717, 1.165) is 27.9 Å². The third-order valence-electron chi connectivity index (χ3n) is 5.78. The Balaban J connectivity index is 1.70. The molecule has 1 atom stereocenters. The highest BCUT2D eigenvalue weighted by Gasteiger charge is 2.58. The van der Waals surface area contributed by atoms with E-state index in [4.69, 9.17) is 4.74 Å². The summed E-state index contributed by atoms with van der Waals surface area (Å²) >= 11 is 0. The maximum absolute atomic E-state index is 13.5. The predicted molar refractivity (Wildman–Crippen MR) is 102 cm³/mol. The van der Waals surface area contributed by atoms with E-state index < -0.39 is 5.54 Å². The molecule has 3 heterocycles. The smallest absolute Gasteiger partial charge is 0.332 e. The number of ether oxygens (including phenoxy) is 1. The number of para-hydroxylation sites is 1. The van der Waals surface area contributed by atoms with Crippen LogP contribution in [0.4, 0.5) is 10.5 Å². The van der Waals surface area contributed by atoms with Crippen LogP contribution in [0.15, 0.2) is 48.5 Å². The number of H-pyrrole nitrogens is 1. The molecule has 2 aliphatic rings. The van der Waals surface area contributed by atoms with Crippen LogP contribution in [-0.2, 0) is 16.8 Å². The van der Waals surface area contributed by atoms with Gasteiger partial charge >= 0.3 is 6.03 Å². The van der Waals surface area contributed by atoms with E-state index in [1.165, 1.54) is 4.90 Å². The number of nitrogens with zero attached hydrogens (tertiary/aromatic N) is 2. The molecule has 3 amide bonds. The number of carbonyl (C=O) groups is 2. The van der Waals surface area contributed by atoms with Crippen LogP contribution >= 0.6 is 0 Å². The zero-order chi connectivity index (χ0) is 18.8. The zero-order valence-corrected chi connectivity index (χ0v) is 15.2. The number of nitrogens with one attached hydrogen (secondary N) is 1. The number of anilines is 1. The largest absolute Gasteiger partial charge is 0.497 e. The van der Waals surface area contributed by atoms with Crippen LogP contribution < -0.4 is 9.64 Å². The van der Waals surface area contributed by atoms with Gasteiger partial charge in [0, 0.05) is 17.4 Å². The lowest BCUT2D eigenvalue weighted by molar-refractivity contribution is -0.125. The van der Waals surface area contributed by atoms with Crippen LogP contribution in [0.3, 0.4) is 0 Å². The molecule has 1 fully saturated rings. The molecule has 1 saturated heterocycles. The Morgan fingerprint density at radius 2 is 1.89 bits per heavy atom. The van der Waals surface area contributed by atoms with Gasteiger partial charge in [0.2, 0.25) is 0 Å². The Labute approximate surface area is 156 Å². The first-order chi connectivity index (χ1) is 13.1. The molecule has 6 nitrogen and oxygen atoms in total. The molecule has 0 spiro atoms. The predicted octanol–water partition coefficient (Wildman–Crippen LogP) is 3.42. The van der Waals surface area contributed by atoms with Crippen molar-refractivity contribution in [2.75, 3.05) is 18.6 Å². The van der Waals surface area contributed by atoms with E-state index in [0.29, 0.717) is 18.7 Å². The highest BCUT2D eigenvalue weighted by Crippen LogP contribution is 2.45. The summed E-state index contributed by atoms with van der Waals surface area (Å²) in [7, 11) is 1.64. The number of carbonyl (C=O) groups excluding carboxylic acids is 2. The normalized spacial score (nSPS) is 21.6. The van der Waals surface area contributed by atoms with E-state index in [1.807, 2.05) is 43.3 Å². The molecule has 136 valence electrons. The van der Waals surface area contributed by atoms with E-state index in [-0.39, 0.29) is 11.9 Å². The first kappa shape index (κ1) is 15.9. The van der Waals surface area contributed by atoms with E-state index >= 15 is 0 Å². The summed E-state index contributed by atoms with van der Waals surface area (Å²) in [6, 6.07) is 14.7. The Kier molecular flexibility index (Phi) is 3.16. The molecule has 27 heavy (non-hydrogen) atoms. The molecule has 5 rings (SSSR count). The van der Waals surface area contributed by atoms with Gasteiger partial charge in [0.1, 0.15) is 5.75 Å². The Morgan fingerprint density at radius 3 is 2.63 bits per heavy atom. The molecule has 0 aliphatic carbocycles. The third kappa shape index (κ3) is 1.95. The Hall–Kier alpha value is -3.28. The van der Waals surface area contributed by atoms with Crippen molar-refractivity contribution in [1.82, 2.24) is 9.88 Å². The first-order valence-corrected chi connectivity index (χ1v) is 8.96. The van der Waals surface area contributed by atoms with Gasteiger partial charge in [-0.05, 0) is 49.2 Å². The summed E-state index contributed by atoms with van der Waals surface area (Å²) in [6.07, 6.45) is 0.694. The summed E-state index contributed by atoms with van der Waals surface area (Å²) in [6.45, 7) is 2.34. The molecular weight excluding hydrogens is 342 g/mol. The van der Waals surface area contributed by atoms with Gasteiger partial charge in [-0.15, -0.1) is 0 Å². The monoisotopic (exact) mass is 361 g/mol. The number of amides is 3. The molecular formula is C21H19N3O3. The number of hydrogen-bond acceptors (Lipinski definition) is 3. The van der Waals surface area contributed by atoms with Crippen molar-refractivity contribution < 1.29 is 14.3 Å². The van der Waals surface area contributed by atoms with E-state index in [2.05, 4.69) is 4.98 Å². The number of urea groups is 1. The van der Waals surface area contributed by atoms with Gasteiger partial charge in [-0.3, -0.25) is 4.79 Å². The number of benzene rings is 2. The van der Waals surface area contributed by atoms with Crippen molar-refractivity contribution in [2.24, 2.45) is 0 Å². The minimum absolute atomic E-state index is 0.224. The van der Waals surface area contributed by atoms with Gasteiger partial charge in [0.25, 0.3) is 5.91 Å². The molecule has 6 heteroatoms. The first-order valence-electron chi connectivity index (χ1n) is 8.96. The van der Waals surface area contributed by atoms with Crippen LogP contribution in [0.25, 0.3) is 10.9 Å². The summed E-state index contributed by atoms with van der Waals surface area (Å²) in [4.78, 5) is 32.9. The lowest BCUT2D eigenvalue weighted by atomic mass is 9.87. The van der Waals surface area contributed by atoms with Gasteiger partial charge in [0.05, 0.1) is 18.5 Å². The quantitative estimate of drug-likeness (QED) is 0.712. The van der Waals surface area contributed by atoms with Gasteiger partial charge in [-0.2, -0.15) is 0 Å². The molecule has 0 radical (unpaired) electrons. The number of aromatic amines is 1. The summed E-state index contributed by atoms with van der Waals surface area (Å²) in [5.41, 5.74) is 2.39. The van der Waals surface area contributed by atoms with Gasteiger partial charge in [-0.1, -0.05) is 18.2 Å². The minimum Gasteiger partial charge on any atom is -0.497 e. The van der Waals surface area contributed by atoms with Crippen molar-refractivity contribution in [3.63, 3.8) is 0 Å². The summed E-state index contributed by atoms with van der Waals surface area (Å²) < 4.78 is 5.35. The molecule has 3 aromatic rings. The molecule has 0 unspecified atom stereocenters. The van der Waals surface area contributed by atoms with E-state index in [9.17, 15) is 9.59 Å². The second kappa shape index (κ2) is 5.36. The minimum atomic E-state index is -1.03. The van der Waals surface area contributed by atoms with Crippen molar-refractivity contribution in [1.29, 1.82) is 0 Å². The topological polar surface area (TPSA) is 65.6 Å². The molecule has 0 bridgehead atoms. The number of imide groups is 1. The molecule has 2 aromatic carbocycles. The highest BCUT2D eigenvalue weighted by molar-refractivity contribution is 6.23. The summed E-state index contributed by atoms with van der Waals surface area (Å²) in [5.74, 6) is 0.551. The fourth-order valence-corrected chi connectivity index (χ4v) is 4.35. The van der Waals surface area contributed by atoms with Crippen molar-refractivity contribution >= 4 is 28.5 Å². The van der Waals surface area contributed by atoms with E-state index in [1.54, 1.807) is 24.1 Å². The molecule has 0 saturated carbocycles. The fraction of sp³-hybridized carbons (Fsp3) is 0.238.